The lowest BCUT2D eigenvalue weighted by Gasteiger charge is -2.40. The zero-order chi connectivity index (χ0) is 42.6. The molecule has 2 unspecified atom stereocenters. The lowest BCUT2D eigenvalue weighted by atomic mass is 9.69. The van der Waals surface area contributed by atoms with Crippen LogP contribution in [0.4, 0.5) is 11.4 Å². The molecule has 65 heavy (non-hydrogen) atoms. The maximum absolute atomic E-state index is 7.01. The van der Waals surface area contributed by atoms with Crippen molar-refractivity contribution in [1.29, 1.82) is 0 Å². The highest BCUT2D eigenvalue weighted by Gasteiger charge is 2.53. The quantitative estimate of drug-likeness (QED) is 0.172. The first-order chi connectivity index (χ1) is 32.3. The van der Waals surface area contributed by atoms with E-state index in [0.29, 0.717) is 0 Å². The van der Waals surface area contributed by atoms with Crippen molar-refractivity contribution in [2.75, 3.05) is 4.90 Å². The predicted octanol–water partition coefficient (Wildman–Crippen LogP) is 16.4. The van der Waals surface area contributed by atoms with Crippen LogP contribution >= 0.6 is 0 Å². The van der Waals surface area contributed by atoms with Crippen LogP contribution in [-0.4, -0.2) is 6.04 Å². The summed E-state index contributed by atoms with van der Waals surface area (Å²) in [6, 6.07) is 69.9. The molecule has 1 heterocycles. The van der Waals surface area contributed by atoms with Crippen LogP contribution in [0.25, 0.3) is 71.3 Å². The molecule has 0 fully saturated rings. The Morgan fingerprint density at radius 1 is 0.523 bits per heavy atom. The summed E-state index contributed by atoms with van der Waals surface area (Å²) in [5, 5.41) is 7.01. The molecule has 0 aliphatic heterocycles. The molecule has 14 rings (SSSR count). The molecule has 4 aliphatic carbocycles. The van der Waals surface area contributed by atoms with Gasteiger partial charge in [-0.2, -0.15) is 0 Å². The molecule has 306 valence electrons. The molecular formula is C63H43NO. The molecule has 0 saturated heterocycles. The number of nitrogens with zero attached hydrogens (tertiary/aromatic N) is 1. The van der Waals surface area contributed by atoms with Crippen molar-refractivity contribution in [3.8, 4) is 22.3 Å². The van der Waals surface area contributed by atoms with Crippen LogP contribution in [0.1, 0.15) is 46.6 Å². The minimum absolute atomic E-state index is 0.0456. The van der Waals surface area contributed by atoms with Gasteiger partial charge in [-0.25, -0.2) is 0 Å². The summed E-state index contributed by atoms with van der Waals surface area (Å²) in [4.78, 5) is 2.71. The van der Waals surface area contributed by atoms with E-state index in [2.05, 4.69) is 229 Å². The Balaban J connectivity index is 1.09. The Bertz CT molecular complexity index is 3700. The number of allylic oxidation sites excluding steroid dienone is 6. The Labute approximate surface area is 378 Å². The van der Waals surface area contributed by atoms with E-state index >= 15 is 0 Å². The Kier molecular flexibility index (Phi) is 7.89. The predicted molar refractivity (Wildman–Crippen MR) is 271 cm³/mol. The number of rotatable bonds is 5. The van der Waals surface area contributed by atoms with Gasteiger partial charge < -0.3 is 9.32 Å². The summed E-state index contributed by atoms with van der Waals surface area (Å²) < 4.78 is 7.01. The average Bonchev–Trinajstić information content (AvgIpc) is 4.02. The summed E-state index contributed by atoms with van der Waals surface area (Å²) in [7, 11) is 0. The third-order valence-electron chi connectivity index (χ3n) is 14.9. The second kappa shape index (κ2) is 14.0. The topological polar surface area (TPSA) is 16.4 Å². The Hall–Kier alpha value is -7.94. The van der Waals surface area contributed by atoms with Crippen LogP contribution < -0.4 is 4.90 Å². The van der Waals surface area contributed by atoms with Gasteiger partial charge in [-0.1, -0.05) is 200 Å². The van der Waals surface area contributed by atoms with E-state index in [1.165, 1.54) is 88.8 Å². The smallest absolute Gasteiger partial charge is 0.143 e. The minimum atomic E-state index is -0.418. The molecule has 2 atom stereocenters. The number of furan rings is 1. The van der Waals surface area contributed by atoms with Gasteiger partial charge in [-0.05, 0) is 104 Å². The summed E-state index contributed by atoms with van der Waals surface area (Å²) in [5.41, 5.74) is 18.5. The van der Waals surface area contributed by atoms with Crippen molar-refractivity contribution in [3.63, 3.8) is 0 Å². The van der Waals surface area contributed by atoms with Gasteiger partial charge >= 0.3 is 0 Å². The van der Waals surface area contributed by atoms with Crippen LogP contribution in [0, 0.1) is 0 Å². The monoisotopic (exact) mass is 829 g/mol. The molecule has 1 spiro atoms. The van der Waals surface area contributed by atoms with Crippen molar-refractivity contribution in [1.82, 2.24) is 0 Å². The number of anilines is 2. The number of benzene rings is 9. The van der Waals surface area contributed by atoms with E-state index in [-0.39, 0.29) is 12.0 Å². The minimum Gasteiger partial charge on any atom is -0.455 e. The SMILES string of the molecule is C1=CC(c2ccccc2)C(N(c2cccc3c2C2=C(C=CCC2)C32c3ccccc3-c3ccccc32)c2cc3c(oc4cccc(-c5ccc6ccccc6c5)c43)c3ccccc23)C=C1. The van der Waals surface area contributed by atoms with Gasteiger partial charge in [0.15, 0.2) is 0 Å². The lowest BCUT2D eigenvalue weighted by molar-refractivity contribution is 0.672. The molecule has 0 N–H and O–H groups in total. The molecule has 1 aromatic heterocycles. The highest BCUT2D eigenvalue weighted by Crippen LogP contribution is 2.65. The van der Waals surface area contributed by atoms with Crippen LogP contribution in [0.5, 0.6) is 0 Å². The molecule has 0 radical (unpaired) electrons. The van der Waals surface area contributed by atoms with Gasteiger partial charge in [0.05, 0.1) is 17.1 Å². The van der Waals surface area contributed by atoms with E-state index in [4.69, 9.17) is 4.42 Å². The molecule has 0 saturated carbocycles. The van der Waals surface area contributed by atoms with Gasteiger partial charge in [0.2, 0.25) is 0 Å². The fraction of sp³-hybridized carbons (Fsp3) is 0.0794. The molecular weight excluding hydrogens is 787 g/mol. The summed E-state index contributed by atoms with van der Waals surface area (Å²) in [6.45, 7) is 0. The van der Waals surface area contributed by atoms with E-state index < -0.39 is 5.41 Å². The van der Waals surface area contributed by atoms with Crippen LogP contribution in [0.15, 0.2) is 235 Å². The molecule has 0 amide bonds. The van der Waals surface area contributed by atoms with Crippen molar-refractivity contribution < 1.29 is 4.42 Å². The van der Waals surface area contributed by atoms with Gasteiger partial charge in [0.1, 0.15) is 11.2 Å². The molecule has 9 aromatic carbocycles. The summed E-state index contributed by atoms with van der Waals surface area (Å²) in [6.07, 6.45) is 16.2. The normalized spacial score (nSPS) is 17.6. The van der Waals surface area contributed by atoms with Crippen LogP contribution in [0.2, 0.25) is 0 Å². The average molecular weight is 830 g/mol. The van der Waals surface area contributed by atoms with Crippen molar-refractivity contribution in [2.24, 2.45) is 0 Å². The maximum atomic E-state index is 7.01. The van der Waals surface area contributed by atoms with Crippen LogP contribution in [-0.2, 0) is 5.41 Å². The first kappa shape index (κ1) is 36.5. The second-order valence-electron chi connectivity index (χ2n) is 18.1. The van der Waals surface area contributed by atoms with E-state index in [0.717, 1.165) is 40.2 Å². The standard InChI is InChI=1S/C63H43NO/c1-2-19-41(20-3-1)44-22-11-15-33-56(44)64(57-34-17-32-55-61(57)50-27-10-14-31-54(50)63(55)52-29-12-8-23-46(52)47-24-9-13-30-53(47)63)58-39-51-60-45(43-37-36-40-18-4-5-21-42(40)38-43)28-16-35-59(60)65-62(51)49-26-7-6-25-48(49)58/h1-9,11-26,28-39,44,56H,10,27H2. The largest absolute Gasteiger partial charge is 0.455 e. The first-order valence-corrected chi connectivity index (χ1v) is 23.1. The number of fused-ring (bicyclic) bond motifs is 15. The number of hydrogen-bond acceptors (Lipinski definition) is 2. The molecule has 2 heteroatoms. The molecule has 0 bridgehead atoms. The van der Waals surface area contributed by atoms with E-state index in [9.17, 15) is 0 Å². The fourth-order valence-electron chi connectivity index (χ4n) is 12.3. The zero-order valence-electron chi connectivity index (χ0n) is 35.8. The maximum Gasteiger partial charge on any atom is 0.143 e. The summed E-state index contributed by atoms with van der Waals surface area (Å²) in [5.74, 6) is 0.0868. The van der Waals surface area contributed by atoms with Crippen LogP contribution in [0.3, 0.4) is 0 Å². The summed E-state index contributed by atoms with van der Waals surface area (Å²) >= 11 is 0. The zero-order valence-corrected chi connectivity index (χ0v) is 35.8. The second-order valence-corrected chi connectivity index (χ2v) is 18.1. The van der Waals surface area contributed by atoms with Crippen molar-refractivity contribution in [2.45, 2.75) is 30.2 Å². The van der Waals surface area contributed by atoms with Gasteiger partial charge in [-0.3, -0.25) is 0 Å². The Morgan fingerprint density at radius 2 is 1.22 bits per heavy atom. The van der Waals surface area contributed by atoms with Gasteiger partial charge in [-0.15, -0.1) is 0 Å². The number of hydrogen-bond donors (Lipinski definition) is 0. The third-order valence-corrected chi connectivity index (χ3v) is 14.9. The first-order valence-electron chi connectivity index (χ1n) is 23.1. The lowest BCUT2D eigenvalue weighted by Crippen LogP contribution is -2.36. The van der Waals surface area contributed by atoms with Crippen molar-refractivity contribution in [3.05, 3.63) is 258 Å². The Morgan fingerprint density at radius 3 is 2.06 bits per heavy atom. The third kappa shape index (κ3) is 5.11. The molecule has 10 aromatic rings. The van der Waals surface area contributed by atoms with E-state index in [1.54, 1.807) is 0 Å². The molecule has 4 aliphatic rings. The highest BCUT2D eigenvalue weighted by atomic mass is 16.3. The highest BCUT2D eigenvalue weighted by molar-refractivity contribution is 6.22. The van der Waals surface area contributed by atoms with E-state index in [1.807, 2.05) is 0 Å². The molecule has 2 nitrogen and oxygen atoms in total. The van der Waals surface area contributed by atoms with Gasteiger partial charge in [0.25, 0.3) is 0 Å². The van der Waals surface area contributed by atoms with Crippen molar-refractivity contribution >= 4 is 60.4 Å². The fourth-order valence-corrected chi connectivity index (χ4v) is 12.3. The van der Waals surface area contributed by atoms with Gasteiger partial charge in [0, 0.05) is 38.7 Å².